The van der Waals surface area contributed by atoms with E-state index in [0.717, 1.165) is 22.2 Å². The number of fused-ring (bicyclic) bond motifs is 3. The van der Waals surface area contributed by atoms with E-state index >= 15 is 0 Å². The summed E-state index contributed by atoms with van der Waals surface area (Å²) >= 11 is 12.1. The van der Waals surface area contributed by atoms with E-state index in [1.165, 1.54) is 17.5 Å². The molecule has 0 atom stereocenters. The average molecular weight is 439 g/mol. The lowest BCUT2D eigenvalue weighted by atomic mass is 10.0. The van der Waals surface area contributed by atoms with Crippen LogP contribution < -0.4 is 0 Å². The van der Waals surface area contributed by atoms with Crippen LogP contribution in [0.3, 0.4) is 0 Å². The van der Waals surface area contributed by atoms with Crippen molar-refractivity contribution in [3.8, 4) is 0 Å². The third-order valence-electron chi connectivity index (χ3n) is 4.90. The van der Waals surface area contributed by atoms with Crippen LogP contribution in [0.2, 0.25) is 10.0 Å². The van der Waals surface area contributed by atoms with Gasteiger partial charge in [0, 0.05) is 36.1 Å². The van der Waals surface area contributed by atoms with Crippen molar-refractivity contribution in [2.75, 3.05) is 13.7 Å². The molecule has 3 aromatic rings. The number of aromatic nitrogens is 1. The van der Waals surface area contributed by atoms with Crippen LogP contribution in [0.4, 0.5) is 0 Å². The van der Waals surface area contributed by atoms with Crippen molar-refractivity contribution < 1.29 is 17.9 Å². The number of H-pyrrole nitrogens is 1. The van der Waals surface area contributed by atoms with Gasteiger partial charge in [0.15, 0.2) is 0 Å². The molecule has 0 bridgehead atoms. The van der Waals surface area contributed by atoms with E-state index in [1.807, 2.05) is 0 Å². The number of hydrogen-bond acceptors (Lipinski definition) is 4. The van der Waals surface area contributed by atoms with Crippen LogP contribution in [-0.2, 0) is 27.7 Å². The molecule has 2 aromatic carbocycles. The first-order chi connectivity index (χ1) is 13.3. The SMILES string of the molecule is COC(=O)c1ccc2[nH]c3c(c2c1)CN(S(=O)(=O)c1cccc(Cl)c1Cl)CC3. The highest BCUT2D eigenvalue weighted by molar-refractivity contribution is 7.89. The number of carbonyl (C=O) groups excluding carboxylic acids is 1. The quantitative estimate of drug-likeness (QED) is 0.626. The fourth-order valence-corrected chi connectivity index (χ4v) is 5.61. The van der Waals surface area contributed by atoms with Crippen molar-refractivity contribution in [1.82, 2.24) is 9.29 Å². The molecular weight excluding hydrogens is 423 g/mol. The zero-order chi connectivity index (χ0) is 20.1. The third kappa shape index (κ3) is 3.08. The highest BCUT2D eigenvalue weighted by Gasteiger charge is 2.32. The van der Waals surface area contributed by atoms with Crippen LogP contribution in [0.25, 0.3) is 10.9 Å². The molecule has 1 N–H and O–H groups in total. The van der Waals surface area contributed by atoms with Crippen molar-refractivity contribution in [2.24, 2.45) is 0 Å². The first kappa shape index (κ1) is 19.3. The molecule has 1 aliphatic rings. The van der Waals surface area contributed by atoms with Gasteiger partial charge in [-0.2, -0.15) is 4.31 Å². The molecule has 0 amide bonds. The fourth-order valence-electron chi connectivity index (χ4n) is 3.46. The summed E-state index contributed by atoms with van der Waals surface area (Å²) in [4.78, 5) is 15.2. The standard InChI is InChI=1S/C19H16Cl2N2O4S/c1-27-19(24)11-5-6-15-12(9-11)13-10-23(8-7-16(13)22-15)28(25,26)17-4-2-3-14(20)18(17)21/h2-6,9,22H,7-8,10H2,1H3. The molecule has 28 heavy (non-hydrogen) atoms. The maximum absolute atomic E-state index is 13.1. The number of carbonyl (C=O) groups is 1. The molecule has 6 nitrogen and oxygen atoms in total. The van der Waals surface area contributed by atoms with Crippen molar-refractivity contribution in [3.05, 3.63) is 63.3 Å². The molecule has 0 aliphatic carbocycles. The van der Waals surface area contributed by atoms with Gasteiger partial charge in [-0.3, -0.25) is 0 Å². The predicted molar refractivity (Wildman–Crippen MR) is 107 cm³/mol. The zero-order valence-corrected chi connectivity index (χ0v) is 17.2. The van der Waals surface area contributed by atoms with Gasteiger partial charge in [0.05, 0.1) is 22.7 Å². The number of halogens is 2. The second-order valence-electron chi connectivity index (χ2n) is 6.47. The molecule has 0 spiro atoms. The summed E-state index contributed by atoms with van der Waals surface area (Å²) in [5.41, 5.74) is 3.06. The monoisotopic (exact) mass is 438 g/mol. The Labute approximate surface area is 172 Å². The van der Waals surface area contributed by atoms with E-state index in [1.54, 1.807) is 30.3 Å². The lowest BCUT2D eigenvalue weighted by Crippen LogP contribution is -2.36. The van der Waals surface area contributed by atoms with Gasteiger partial charge in [-0.1, -0.05) is 29.3 Å². The lowest BCUT2D eigenvalue weighted by molar-refractivity contribution is 0.0601. The van der Waals surface area contributed by atoms with Crippen molar-refractivity contribution in [1.29, 1.82) is 0 Å². The zero-order valence-electron chi connectivity index (χ0n) is 14.8. The maximum atomic E-state index is 13.1. The molecule has 1 aromatic heterocycles. The fraction of sp³-hybridized carbons (Fsp3) is 0.211. The number of aromatic amines is 1. The summed E-state index contributed by atoms with van der Waals surface area (Å²) in [5, 5.41) is 1.01. The molecule has 0 fully saturated rings. The first-order valence-corrected chi connectivity index (χ1v) is 10.7. The number of nitrogens with zero attached hydrogens (tertiary/aromatic N) is 1. The van der Waals surface area contributed by atoms with E-state index in [0.29, 0.717) is 18.5 Å². The Bertz CT molecular complexity index is 1200. The van der Waals surface area contributed by atoms with Gasteiger partial charge >= 0.3 is 5.97 Å². The van der Waals surface area contributed by atoms with Gasteiger partial charge in [-0.15, -0.1) is 0 Å². The molecule has 9 heteroatoms. The van der Waals surface area contributed by atoms with E-state index in [4.69, 9.17) is 27.9 Å². The van der Waals surface area contributed by atoms with E-state index in [-0.39, 0.29) is 21.5 Å². The highest BCUT2D eigenvalue weighted by atomic mass is 35.5. The van der Waals surface area contributed by atoms with Crippen LogP contribution in [0.5, 0.6) is 0 Å². The molecule has 146 valence electrons. The van der Waals surface area contributed by atoms with E-state index < -0.39 is 16.0 Å². The summed E-state index contributed by atoms with van der Waals surface area (Å²) in [6.45, 7) is 0.486. The minimum atomic E-state index is -3.82. The topological polar surface area (TPSA) is 79.5 Å². The molecule has 1 aliphatic heterocycles. The number of sulfonamides is 1. The number of hydrogen-bond donors (Lipinski definition) is 1. The second kappa shape index (κ2) is 7.08. The molecular formula is C19H16Cl2N2O4S. The summed E-state index contributed by atoms with van der Waals surface area (Å²) in [7, 11) is -2.50. The van der Waals surface area contributed by atoms with Crippen LogP contribution >= 0.6 is 23.2 Å². The third-order valence-corrected chi connectivity index (χ3v) is 7.71. The number of benzene rings is 2. The normalized spacial score (nSPS) is 14.8. The molecule has 2 heterocycles. The van der Waals surface area contributed by atoms with Gasteiger partial charge < -0.3 is 9.72 Å². The van der Waals surface area contributed by atoms with Crippen molar-refractivity contribution in [2.45, 2.75) is 17.9 Å². The van der Waals surface area contributed by atoms with E-state index in [2.05, 4.69) is 4.98 Å². The Kier molecular flexibility index (Phi) is 4.87. The molecule has 4 rings (SSSR count). The second-order valence-corrected chi connectivity index (χ2v) is 9.17. The highest BCUT2D eigenvalue weighted by Crippen LogP contribution is 2.35. The molecule has 0 saturated heterocycles. The number of esters is 1. The summed E-state index contributed by atoms with van der Waals surface area (Å²) < 4.78 is 32.5. The number of methoxy groups -OCH3 is 1. The maximum Gasteiger partial charge on any atom is 0.337 e. The predicted octanol–water partition coefficient (Wildman–Crippen LogP) is 4.01. The first-order valence-electron chi connectivity index (χ1n) is 8.49. The van der Waals surface area contributed by atoms with Crippen LogP contribution in [0.1, 0.15) is 21.6 Å². The number of rotatable bonds is 3. The number of ether oxygens (including phenoxy) is 1. The smallest absolute Gasteiger partial charge is 0.337 e. The Morgan fingerprint density at radius 2 is 2.00 bits per heavy atom. The van der Waals surface area contributed by atoms with Gasteiger partial charge in [-0.05, 0) is 35.9 Å². The molecule has 0 unspecified atom stereocenters. The van der Waals surface area contributed by atoms with Crippen molar-refractivity contribution in [3.63, 3.8) is 0 Å². The van der Waals surface area contributed by atoms with Crippen LogP contribution in [-0.4, -0.2) is 37.3 Å². The summed E-state index contributed by atoms with van der Waals surface area (Å²) in [5.74, 6) is -0.442. The average Bonchev–Trinajstić information content (AvgIpc) is 3.06. The Morgan fingerprint density at radius 3 is 2.75 bits per heavy atom. The lowest BCUT2D eigenvalue weighted by Gasteiger charge is -2.27. The Hall–Kier alpha value is -2.06. The van der Waals surface area contributed by atoms with E-state index in [9.17, 15) is 13.2 Å². The van der Waals surface area contributed by atoms with Crippen LogP contribution in [0, 0.1) is 0 Å². The molecule has 0 saturated carbocycles. The minimum Gasteiger partial charge on any atom is -0.465 e. The Morgan fingerprint density at radius 1 is 1.21 bits per heavy atom. The van der Waals surface area contributed by atoms with Crippen LogP contribution in [0.15, 0.2) is 41.3 Å². The summed E-state index contributed by atoms with van der Waals surface area (Å²) in [6, 6.07) is 9.75. The number of nitrogens with one attached hydrogen (secondary N) is 1. The van der Waals surface area contributed by atoms with Gasteiger partial charge in [0.1, 0.15) is 4.90 Å². The Balaban J connectivity index is 1.76. The van der Waals surface area contributed by atoms with Gasteiger partial charge in [0.25, 0.3) is 0 Å². The summed E-state index contributed by atoms with van der Waals surface area (Å²) in [6.07, 6.45) is 0.523. The van der Waals surface area contributed by atoms with Gasteiger partial charge in [-0.25, -0.2) is 13.2 Å². The minimum absolute atomic E-state index is 0.0137. The largest absolute Gasteiger partial charge is 0.465 e. The molecule has 0 radical (unpaired) electrons. The van der Waals surface area contributed by atoms with Gasteiger partial charge in [0.2, 0.25) is 10.0 Å². The van der Waals surface area contributed by atoms with Crippen molar-refractivity contribution >= 4 is 50.1 Å².